The molecule has 1 aromatic carbocycles. The van der Waals surface area contributed by atoms with Crippen molar-refractivity contribution in [2.75, 3.05) is 6.54 Å². The van der Waals surface area contributed by atoms with Gasteiger partial charge in [0.05, 0.1) is 0 Å². The number of hydrogen-bond donors (Lipinski definition) is 1. The minimum atomic E-state index is -0.259. The molecule has 20 heavy (non-hydrogen) atoms. The van der Waals surface area contributed by atoms with Crippen LogP contribution in [0.1, 0.15) is 37.9 Å². The van der Waals surface area contributed by atoms with Gasteiger partial charge in [-0.15, -0.1) is 0 Å². The first-order valence-corrected chi connectivity index (χ1v) is 7.81. The number of amides is 1. The summed E-state index contributed by atoms with van der Waals surface area (Å²) in [6, 6.07) is 7.86. The summed E-state index contributed by atoms with van der Waals surface area (Å²) < 4.78 is 0. The van der Waals surface area contributed by atoms with Gasteiger partial charge in [0.15, 0.2) is 0 Å². The lowest BCUT2D eigenvalue weighted by atomic mass is 10.1. The lowest BCUT2D eigenvalue weighted by Crippen LogP contribution is -2.33. The van der Waals surface area contributed by atoms with Crippen molar-refractivity contribution < 1.29 is 4.79 Å². The molecule has 3 fully saturated rings. The topological polar surface area (TPSA) is 32.3 Å². The van der Waals surface area contributed by atoms with E-state index in [-0.39, 0.29) is 11.7 Å². The van der Waals surface area contributed by atoms with E-state index < -0.39 is 0 Å². The molecule has 106 valence electrons. The van der Waals surface area contributed by atoms with Crippen LogP contribution in [0.15, 0.2) is 24.3 Å². The summed E-state index contributed by atoms with van der Waals surface area (Å²) in [5.41, 5.74) is 0.841. The van der Waals surface area contributed by atoms with Gasteiger partial charge in [-0.25, -0.2) is 0 Å². The Labute approximate surface area is 124 Å². The summed E-state index contributed by atoms with van der Waals surface area (Å²) in [6.45, 7) is 3.14. The first kappa shape index (κ1) is 12.7. The van der Waals surface area contributed by atoms with E-state index in [9.17, 15) is 4.79 Å². The van der Waals surface area contributed by atoms with Crippen molar-refractivity contribution >= 4 is 17.5 Å². The van der Waals surface area contributed by atoms with E-state index in [0.717, 1.165) is 35.9 Å². The van der Waals surface area contributed by atoms with Crippen LogP contribution < -0.4 is 5.32 Å². The third kappa shape index (κ3) is 1.95. The number of carbonyl (C=O) groups is 1. The van der Waals surface area contributed by atoms with Crippen LogP contribution in [-0.4, -0.2) is 22.9 Å². The van der Waals surface area contributed by atoms with Crippen molar-refractivity contribution in [1.82, 2.24) is 10.2 Å². The quantitative estimate of drug-likeness (QED) is 0.928. The summed E-state index contributed by atoms with van der Waals surface area (Å²) in [4.78, 5) is 14.7. The van der Waals surface area contributed by atoms with E-state index in [1.807, 2.05) is 23.1 Å². The Morgan fingerprint density at radius 2 is 2.20 bits per heavy atom. The number of nitrogens with one attached hydrogen (secondary N) is 1. The van der Waals surface area contributed by atoms with Gasteiger partial charge in [0.1, 0.15) is 11.7 Å². The maximum atomic E-state index is 12.7. The van der Waals surface area contributed by atoms with Gasteiger partial charge >= 0.3 is 0 Å². The smallest absolute Gasteiger partial charge is 0.244 e. The third-order valence-electron chi connectivity index (χ3n) is 5.02. The Morgan fingerprint density at radius 3 is 2.80 bits per heavy atom. The summed E-state index contributed by atoms with van der Waals surface area (Å²) in [5, 5.41) is 4.28. The standard InChI is InChI=1S/C16H19ClN2O/c1-10-7-12(10)9-19-14(11-3-2-4-13(17)8-11)18-16(5-6-16)15(19)20/h2-4,8,10,12,14,18H,5-7,9H2,1H3. The third-order valence-corrected chi connectivity index (χ3v) is 5.25. The largest absolute Gasteiger partial charge is 0.321 e. The minimum Gasteiger partial charge on any atom is -0.321 e. The lowest BCUT2D eigenvalue weighted by Gasteiger charge is -2.24. The molecule has 0 radical (unpaired) electrons. The molecule has 1 aliphatic heterocycles. The van der Waals surface area contributed by atoms with E-state index in [1.165, 1.54) is 6.42 Å². The predicted molar refractivity (Wildman–Crippen MR) is 78.3 cm³/mol. The highest BCUT2D eigenvalue weighted by molar-refractivity contribution is 6.30. The van der Waals surface area contributed by atoms with Crippen LogP contribution >= 0.6 is 11.6 Å². The maximum absolute atomic E-state index is 12.7. The van der Waals surface area contributed by atoms with Gasteiger partial charge in [0.2, 0.25) is 5.91 Å². The molecule has 1 aromatic rings. The van der Waals surface area contributed by atoms with Crippen LogP contribution in [0.4, 0.5) is 0 Å². The molecule has 4 rings (SSSR count). The molecular formula is C16H19ClN2O. The second-order valence-electron chi connectivity index (χ2n) is 6.61. The normalized spacial score (nSPS) is 33.8. The molecule has 1 saturated heterocycles. The zero-order valence-electron chi connectivity index (χ0n) is 11.6. The van der Waals surface area contributed by atoms with Crippen molar-refractivity contribution in [1.29, 1.82) is 0 Å². The molecular weight excluding hydrogens is 272 g/mol. The van der Waals surface area contributed by atoms with Crippen molar-refractivity contribution in [2.45, 2.75) is 37.9 Å². The van der Waals surface area contributed by atoms with Crippen LogP contribution in [0.5, 0.6) is 0 Å². The summed E-state index contributed by atoms with van der Waals surface area (Å²) in [5.74, 6) is 1.73. The van der Waals surface area contributed by atoms with Gasteiger partial charge in [-0.1, -0.05) is 30.7 Å². The maximum Gasteiger partial charge on any atom is 0.244 e. The molecule has 0 aromatic heterocycles. The molecule has 1 N–H and O–H groups in total. The second-order valence-corrected chi connectivity index (χ2v) is 7.05. The van der Waals surface area contributed by atoms with Gasteiger partial charge in [0, 0.05) is 11.6 Å². The Hall–Kier alpha value is -1.06. The van der Waals surface area contributed by atoms with Crippen molar-refractivity contribution in [2.24, 2.45) is 11.8 Å². The number of hydrogen-bond acceptors (Lipinski definition) is 2. The Morgan fingerprint density at radius 1 is 1.45 bits per heavy atom. The minimum absolute atomic E-state index is 0.00324. The number of benzene rings is 1. The van der Waals surface area contributed by atoms with E-state index in [4.69, 9.17) is 11.6 Å². The van der Waals surface area contributed by atoms with Gasteiger partial charge in [-0.3, -0.25) is 10.1 Å². The molecule has 2 saturated carbocycles. The van der Waals surface area contributed by atoms with Crippen LogP contribution in [-0.2, 0) is 4.79 Å². The van der Waals surface area contributed by atoms with Crippen LogP contribution in [0.25, 0.3) is 0 Å². The van der Waals surface area contributed by atoms with E-state index in [0.29, 0.717) is 11.8 Å². The predicted octanol–water partition coefficient (Wildman–Crippen LogP) is 2.96. The number of nitrogens with zero attached hydrogens (tertiary/aromatic N) is 1. The van der Waals surface area contributed by atoms with E-state index >= 15 is 0 Å². The molecule has 2 aliphatic carbocycles. The SMILES string of the molecule is CC1CC1CN1C(=O)C2(CC2)NC1c1cccc(Cl)c1. The molecule has 3 unspecified atom stereocenters. The first-order chi connectivity index (χ1) is 9.59. The summed E-state index contributed by atoms with van der Waals surface area (Å²) in [6.07, 6.45) is 3.19. The fourth-order valence-electron chi connectivity index (χ4n) is 3.31. The van der Waals surface area contributed by atoms with Gasteiger partial charge in [-0.2, -0.15) is 0 Å². The zero-order chi connectivity index (χ0) is 13.9. The Balaban J connectivity index is 1.63. The van der Waals surface area contributed by atoms with E-state index in [2.05, 4.69) is 18.3 Å². The number of halogens is 1. The van der Waals surface area contributed by atoms with Crippen LogP contribution in [0.2, 0.25) is 5.02 Å². The highest BCUT2D eigenvalue weighted by Crippen LogP contribution is 2.48. The monoisotopic (exact) mass is 290 g/mol. The highest BCUT2D eigenvalue weighted by Gasteiger charge is 2.60. The summed E-state index contributed by atoms with van der Waals surface area (Å²) >= 11 is 6.10. The second kappa shape index (κ2) is 4.22. The fourth-order valence-corrected chi connectivity index (χ4v) is 3.51. The van der Waals surface area contributed by atoms with Crippen molar-refractivity contribution in [3.8, 4) is 0 Å². The molecule has 0 bridgehead atoms. The number of carbonyl (C=O) groups excluding carboxylic acids is 1. The number of rotatable bonds is 3. The molecule has 4 heteroatoms. The average Bonchev–Trinajstić information content (AvgIpc) is 3.30. The molecule has 1 heterocycles. The average molecular weight is 291 g/mol. The molecule has 3 nitrogen and oxygen atoms in total. The Bertz CT molecular complexity index is 569. The van der Waals surface area contributed by atoms with Crippen molar-refractivity contribution in [3.63, 3.8) is 0 Å². The zero-order valence-corrected chi connectivity index (χ0v) is 12.4. The molecule has 1 amide bonds. The fraction of sp³-hybridized carbons (Fsp3) is 0.562. The summed E-state index contributed by atoms with van der Waals surface area (Å²) in [7, 11) is 0. The van der Waals surface area contributed by atoms with Gasteiger partial charge < -0.3 is 4.90 Å². The molecule has 1 spiro atoms. The first-order valence-electron chi connectivity index (χ1n) is 7.43. The molecule has 3 atom stereocenters. The van der Waals surface area contributed by atoms with Gasteiger partial charge in [-0.05, 0) is 48.8 Å². The van der Waals surface area contributed by atoms with Crippen LogP contribution in [0, 0.1) is 11.8 Å². The van der Waals surface area contributed by atoms with Crippen molar-refractivity contribution in [3.05, 3.63) is 34.9 Å². The highest BCUT2D eigenvalue weighted by atomic mass is 35.5. The van der Waals surface area contributed by atoms with E-state index in [1.54, 1.807) is 0 Å². The van der Waals surface area contributed by atoms with Gasteiger partial charge in [0.25, 0.3) is 0 Å². The molecule has 3 aliphatic rings. The van der Waals surface area contributed by atoms with Crippen LogP contribution in [0.3, 0.4) is 0 Å². The lowest BCUT2D eigenvalue weighted by molar-refractivity contribution is -0.131. The Kier molecular flexibility index (Phi) is 2.67.